The number of rotatable bonds is 7. The number of carbonyl (C=O) groups is 2. The van der Waals surface area contributed by atoms with Gasteiger partial charge in [-0.25, -0.2) is 0 Å². The highest BCUT2D eigenvalue weighted by molar-refractivity contribution is 6.46. The number of aliphatic hydroxyl groups is 1. The second kappa shape index (κ2) is 8.80. The number of carbonyl (C=O) groups excluding carboxylic acids is 2. The molecular formula is C22H25N3O3. The normalized spacial score (nSPS) is 18.8. The minimum Gasteiger partial charge on any atom is -0.507 e. The number of aliphatic hydroxyl groups excluding tert-OH is 1. The third-order valence-corrected chi connectivity index (χ3v) is 5.14. The Morgan fingerprint density at radius 2 is 1.82 bits per heavy atom. The Morgan fingerprint density at radius 1 is 1.11 bits per heavy atom. The van der Waals surface area contributed by atoms with Crippen molar-refractivity contribution >= 4 is 17.4 Å². The van der Waals surface area contributed by atoms with Crippen molar-refractivity contribution in [3.05, 3.63) is 71.6 Å². The van der Waals surface area contributed by atoms with E-state index in [9.17, 15) is 14.7 Å². The third-order valence-electron chi connectivity index (χ3n) is 5.14. The van der Waals surface area contributed by atoms with Crippen molar-refractivity contribution in [3.8, 4) is 0 Å². The standard InChI is InChI=1S/C22H25N3O3/c1-3-24(4-2)13-14-25-19(17-11-8-12-23-15-17)18(21(27)22(25)28)20(26)16-9-6-5-7-10-16/h5-12,15,19,26H,3-4,13-14H2,1-2H3/b20-18-. The predicted octanol–water partition coefficient (Wildman–Crippen LogP) is 2.85. The van der Waals surface area contributed by atoms with Gasteiger partial charge in [-0.15, -0.1) is 0 Å². The molecule has 1 aliphatic rings. The quantitative estimate of drug-likeness (QED) is 0.455. The number of ketones is 1. The Labute approximate surface area is 165 Å². The summed E-state index contributed by atoms with van der Waals surface area (Å²) in [6.07, 6.45) is 3.28. The summed E-state index contributed by atoms with van der Waals surface area (Å²) in [5.74, 6) is -1.40. The van der Waals surface area contributed by atoms with Gasteiger partial charge >= 0.3 is 0 Å². The first-order valence-corrected chi connectivity index (χ1v) is 9.54. The summed E-state index contributed by atoms with van der Waals surface area (Å²) in [5, 5.41) is 10.9. The minimum atomic E-state index is -0.658. The van der Waals surface area contributed by atoms with Gasteiger partial charge in [0, 0.05) is 31.0 Å². The monoisotopic (exact) mass is 379 g/mol. The zero-order chi connectivity index (χ0) is 20.1. The van der Waals surface area contributed by atoms with Gasteiger partial charge in [-0.1, -0.05) is 50.2 Å². The molecule has 1 aliphatic heterocycles. The van der Waals surface area contributed by atoms with E-state index in [0.29, 0.717) is 24.2 Å². The topological polar surface area (TPSA) is 73.7 Å². The van der Waals surface area contributed by atoms with Crippen LogP contribution in [0.1, 0.15) is 31.0 Å². The highest BCUT2D eigenvalue weighted by atomic mass is 16.3. The van der Waals surface area contributed by atoms with Crippen LogP contribution in [0, 0.1) is 0 Å². The third kappa shape index (κ3) is 3.82. The zero-order valence-electron chi connectivity index (χ0n) is 16.2. The van der Waals surface area contributed by atoms with E-state index in [2.05, 4.69) is 23.7 Å². The van der Waals surface area contributed by atoms with Gasteiger partial charge in [-0.05, 0) is 24.7 Å². The Kier molecular flexibility index (Phi) is 6.21. The van der Waals surface area contributed by atoms with E-state index in [1.165, 1.54) is 0 Å². The van der Waals surface area contributed by atoms with Gasteiger partial charge in [0.05, 0.1) is 11.6 Å². The van der Waals surface area contributed by atoms with E-state index in [1.54, 1.807) is 47.6 Å². The second-order valence-electron chi connectivity index (χ2n) is 6.67. The number of amides is 1. The van der Waals surface area contributed by atoms with Crippen molar-refractivity contribution in [1.82, 2.24) is 14.8 Å². The van der Waals surface area contributed by atoms with Gasteiger partial charge in [0.25, 0.3) is 11.7 Å². The van der Waals surface area contributed by atoms with Crippen molar-refractivity contribution < 1.29 is 14.7 Å². The van der Waals surface area contributed by atoms with Crippen LogP contribution in [0.15, 0.2) is 60.4 Å². The van der Waals surface area contributed by atoms with Crippen LogP contribution in [-0.4, -0.2) is 57.8 Å². The van der Waals surface area contributed by atoms with Crippen LogP contribution < -0.4 is 0 Å². The van der Waals surface area contributed by atoms with E-state index >= 15 is 0 Å². The van der Waals surface area contributed by atoms with Crippen LogP contribution in [0.2, 0.25) is 0 Å². The number of Topliss-reactive ketones (excluding diaryl/α,β-unsaturated/α-hetero) is 1. The Bertz CT molecular complexity index is 861. The molecule has 0 aliphatic carbocycles. The summed E-state index contributed by atoms with van der Waals surface area (Å²) in [7, 11) is 0. The average molecular weight is 379 g/mol. The molecule has 0 saturated carbocycles. The molecule has 1 N–H and O–H groups in total. The number of likely N-dealkylation sites (tertiary alicyclic amines) is 1. The molecule has 146 valence electrons. The fourth-order valence-corrected chi connectivity index (χ4v) is 3.54. The SMILES string of the molecule is CCN(CC)CCN1C(=O)C(=O)/C(=C(\O)c2ccccc2)C1c1cccnc1. The van der Waals surface area contributed by atoms with Crippen molar-refractivity contribution in [1.29, 1.82) is 0 Å². The van der Waals surface area contributed by atoms with Crippen LogP contribution in [0.25, 0.3) is 5.76 Å². The number of hydrogen-bond acceptors (Lipinski definition) is 5. The molecular weight excluding hydrogens is 354 g/mol. The van der Waals surface area contributed by atoms with E-state index in [4.69, 9.17) is 0 Å². The van der Waals surface area contributed by atoms with Crippen LogP contribution in [0.4, 0.5) is 0 Å². The van der Waals surface area contributed by atoms with Crippen molar-refractivity contribution in [3.63, 3.8) is 0 Å². The maximum absolute atomic E-state index is 12.9. The molecule has 3 rings (SSSR count). The molecule has 6 nitrogen and oxygen atoms in total. The Hall–Kier alpha value is -2.99. The van der Waals surface area contributed by atoms with Gasteiger partial charge in [0.2, 0.25) is 0 Å². The zero-order valence-corrected chi connectivity index (χ0v) is 16.2. The highest BCUT2D eigenvalue weighted by Crippen LogP contribution is 2.38. The number of benzene rings is 1. The first-order chi connectivity index (χ1) is 13.6. The molecule has 1 aromatic heterocycles. The number of aromatic nitrogens is 1. The van der Waals surface area contributed by atoms with Gasteiger partial charge in [-0.3, -0.25) is 14.6 Å². The van der Waals surface area contributed by atoms with Crippen molar-refractivity contribution in [2.24, 2.45) is 0 Å². The first-order valence-electron chi connectivity index (χ1n) is 9.54. The van der Waals surface area contributed by atoms with E-state index in [0.717, 1.165) is 13.1 Å². The van der Waals surface area contributed by atoms with Gasteiger partial charge in [0.1, 0.15) is 5.76 Å². The Morgan fingerprint density at radius 3 is 2.43 bits per heavy atom. The molecule has 2 heterocycles. The minimum absolute atomic E-state index is 0.115. The number of hydrogen-bond donors (Lipinski definition) is 1. The molecule has 0 bridgehead atoms. The molecule has 6 heteroatoms. The van der Waals surface area contributed by atoms with Crippen LogP contribution >= 0.6 is 0 Å². The fraction of sp³-hybridized carbons (Fsp3) is 0.318. The largest absolute Gasteiger partial charge is 0.507 e. The highest BCUT2D eigenvalue weighted by Gasteiger charge is 2.46. The molecule has 1 unspecified atom stereocenters. The summed E-state index contributed by atoms with van der Waals surface area (Å²) in [4.78, 5) is 33.6. The van der Waals surface area contributed by atoms with Crippen LogP contribution in [-0.2, 0) is 9.59 Å². The molecule has 0 radical (unpaired) electrons. The van der Waals surface area contributed by atoms with Gasteiger partial charge in [-0.2, -0.15) is 0 Å². The molecule has 1 saturated heterocycles. The molecule has 2 aromatic rings. The maximum atomic E-state index is 12.9. The molecule has 1 atom stereocenters. The molecule has 1 fully saturated rings. The number of likely N-dealkylation sites (N-methyl/N-ethyl adjacent to an activating group) is 1. The summed E-state index contributed by atoms with van der Waals surface area (Å²) >= 11 is 0. The predicted molar refractivity (Wildman–Crippen MR) is 107 cm³/mol. The van der Waals surface area contributed by atoms with E-state index < -0.39 is 17.7 Å². The summed E-state index contributed by atoms with van der Waals surface area (Å²) < 4.78 is 0. The molecule has 1 aromatic carbocycles. The van der Waals surface area contributed by atoms with Crippen LogP contribution in [0.3, 0.4) is 0 Å². The van der Waals surface area contributed by atoms with Gasteiger partial charge in [0.15, 0.2) is 0 Å². The Balaban J connectivity index is 2.06. The van der Waals surface area contributed by atoms with Crippen LogP contribution in [0.5, 0.6) is 0 Å². The lowest BCUT2D eigenvalue weighted by molar-refractivity contribution is -0.140. The van der Waals surface area contributed by atoms with E-state index in [1.807, 2.05) is 12.1 Å². The van der Waals surface area contributed by atoms with E-state index in [-0.39, 0.29) is 11.3 Å². The second-order valence-corrected chi connectivity index (χ2v) is 6.67. The summed E-state index contributed by atoms with van der Waals surface area (Å²) in [6, 6.07) is 11.8. The van der Waals surface area contributed by atoms with Gasteiger partial charge < -0.3 is 14.9 Å². The molecule has 1 amide bonds. The molecule has 28 heavy (non-hydrogen) atoms. The lowest BCUT2D eigenvalue weighted by Gasteiger charge is -2.28. The lowest BCUT2D eigenvalue weighted by atomic mass is 9.96. The summed E-state index contributed by atoms with van der Waals surface area (Å²) in [5.41, 5.74) is 1.33. The van der Waals surface area contributed by atoms with Crippen molar-refractivity contribution in [2.45, 2.75) is 19.9 Å². The number of nitrogens with zero attached hydrogens (tertiary/aromatic N) is 3. The smallest absolute Gasteiger partial charge is 0.295 e. The fourth-order valence-electron chi connectivity index (χ4n) is 3.54. The maximum Gasteiger partial charge on any atom is 0.295 e. The molecule has 0 spiro atoms. The summed E-state index contributed by atoms with van der Waals surface area (Å²) in [6.45, 7) is 6.90. The average Bonchev–Trinajstić information content (AvgIpc) is 3.00. The van der Waals surface area contributed by atoms with Crippen molar-refractivity contribution in [2.75, 3.05) is 26.2 Å². The number of pyridine rings is 1. The first kappa shape index (κ1) is 19.8. The lowest BCUT2D eigenvalue weighted by Crippen LogP contribution is -2.38.